The van der Waals surface area contributed by atoms with Crippen LogP contribution in [0.3, 0.4) is 0 Å². The maximum atomic E-state index is 9.21. The molecule has 2 heteroatoms. The second-order valence-electron chi connectivity index (χ2n) is 6.35. The zero-order valence-corrected chi connectivity index (χ0v) is 12.1. The summed E-state index contributed by atoms with van der Waals surface area (Å²) in [7, 11) is 0. The Bertz CT molecular complexity index is 203. The van der Waals surface area contributed by atoms with Gasteiger partial charge in [0, 0.05) is 12.1 Å². The third-order valence-corrected chi connectivity index (χ3v) is 4.93. The molecule has 1 saturated carbocycles. The van der Waals surface area contributed by atoms with Gasteiger partial charge in [-0.3, -0.25) is 0 Å². The van der Waals surface area contributed by atoms with E-state index in [1.807, 2.05) is 0 Å². The van der Waals surface area contributed by atoms with Crippen LogP contribution in [0.1, 0.15) is 66.2 Å². The van der Waals surface area contributed by atoms with E-state index < -0.39 is 0 Å². The van der Waals surface area contributed by atoms with E-state index in [9.17, 15) is 5.11 Å². The van der Waals surface area contributed by atoms with E-state index in [0.717, 1.165) is 12.3 Å². The predicted octanol–water partition coefficient (Wildman–Crippen LogP) is 3.34. The summed E-state index contributed by atoms with van der Waals surface area (Å²) >= 11 is 0. The molecule has 0 amide bonds. The number of nitrogens with one attached hydrogen (secondary N) is 1. The molecule has 0 aromatic carbocycles. The number of rotatable bonds is 6. The van der Waals surface area contributed by atoms with Gasteiger partial charge in [0.05, 0.1) is 6.61 Å². The molecule has 0 saturated heterocycles. The van der Waals surface area contributed by atoms with Crippen molar-refractivity contribution in [3.63, 3.8) is 0 Å². The number of hydrogen-bond donors (Lipinski definition) is 2. The Hall–Kier alpha value is -0.0800. The smallest absolute Gasteiger partial charge is 0.0584 e. The molecule has 1 fully saturated rings. The summed E-state index contributed by atoms with van der Waals surface area (Å²) in [5.74, 6) is 0.889. The highest BCUT2D eigenvalue weighted by atomic mass is 16.3. The van der Waals surface area contributed by atoms with Crippen LogP contribution in [0.25, 0.3) is 0 Å². The molecule has 2 N–H and O–H groups in total. The molecule has 0 aromatic heterocycles. The van der Waals surface area contributed by atoms with Crippen LogP contribution in [0.5, 0.6) is 0 Å². The van der Waals surface area contributed by atoms with Crippen molar-refractivity contribution in [1.29, 1.82) is 0 Å². The lowest BCUT2D eigenvalue weighted by molar-refractivity contribution is 0.127. The maximum Gasteiger partial charge on any atom is 0.0584 e. The Morgan fingerprint density at radius 3 is 2.18 bits per heavy atom. The van der Waals surface area contributed by atoms with Crippen LogP contribution in [-0.2, 0) is 0 Å². The van der Waals surface area contributed by atoms with Gasteiger partial charge in [0.25, 0.3) is 0 Å². The molecule has 1 rings (SSSR count). The first-order valence-corrected chi connectivity index (χ1v) is 7.40. The number of aliphatic hydroxyl groups is 1. The fourth-order valence-corrected chi connectivity index (χ4v) is 2.96. The molecule has 0 heterocycles. The second-order valence-corrected chi connectivity index (χ2v) is 6.35. The van der Waals surface area contributed by atoms with Crippen LogP contribution in [0.15, 0.2) is 0 Å². The molecular weight excluding hydrogens is 210 g/mol. The minimum atomic E-state index is 0.275. The number of hydrogen-bond acceptors (Lipinski definition) is 2. The Morgan fingerprint density at radius 2 is 1.76 bits per heavy atom. The summed E-state index contributed by atoms with van der Waals surface area (Å²) in [5.41, 5.74) is 0.506. The van der Waals surface area contributed by atoms with Gasteiger partial charge in [-0.05, 0) is 43.4 Å². The van der Waals surface area contributed by atoms with Crippen molar-refractivity contribution in [2.45, 2.75) is 78.3 Å². The minimum absolute atomic E-state index is 0.275. The molecule has 1 unspecified atom stereocenters. The molecule has 1 aliphatic carbocycles. The van der Waals surface area contributed by atoms with Gasteiger partial charge in [-0.1, -0.05) is 34.1 Å². The van der Waals surface area contributed by atoms with E-state index in [2.05, 4.69) is 33.0 Å². The molecule has 17 heavy (non-hydrogen) atoms. The molecule has 0 aliphatic heterocycles. The van der Waals surface area contributed by atoms with Crippen LogP contribution >= 0.6 is 0 Å². The molecule has 0 spiro atoms. The third-order valence-electron chi connectivity index (χ3n) is 4.93. The summed E-state index contributed by atoms with van der Waals surface area (Å²) < 4.78 is 0. The molecular formula is C15H31NO. The first-order chi connectivity index (χ1) is 8.03. The van der Waals surface area contributed by atoms with Gasteiger partial charge in [0.15, 0.2) is 0 Å². The molecule has 102 valence electrons. The van der Waals surface area contributed by atoms with Crippen molar-refractivity contribution in [2.24, 2.45) is 11.3 Å². The minimum Gasteiger partial charge on any atom is -0.395 e. The Labute approximate surface area is 107 Å². The fourth-order valence-electron chi connectivity index (χ4n) is 2.96. The lowest BCUT2D eigenvalue weighted by Crippen LogP contribution is -2.43. The van der Waals surface area contributed by atoms with Gasteiger partial charge in [0.1, 0.15) is 0 Å². The Balaban J connectivity index is 2.35. The first-order valence-electron chi connectivity index (χ1n) is 7.40. The van der Waals surface area contributed by atoms with Crippen LogP contribution in [0.4, 0.5) is 0 Å². The molecule has 0 radical (unpaired) electrons. The summed E-state index contributed by atoms with van der Waals surface area (Å²) in [5, 5.41) is 12.8. The van der Waals surface area contributed by atoms with Gasteiger partial charge in [0.2, 0.25) is 0 Å². The monoisotopic (exact) mass is 241 g/mol. The van der Waals surface area contributed by atoms with Gasteiger partial charge in [-0.2, -0.15) is 0 Å². The van der Waals surface area contributed by atoms with Crippen molar-refractivity contribution >= 4 is 0 Å². The Kier molecular flexibility index (Phi) is 5.94. The lowest BCUT2D eigenvalue weighted by Gasteiger charge is -2.39. The van der Waals surface area contributed by atoms with Gasteiger partial charge < -0.3 is 10.4 Å². The highest BCUT2D eigenvalue weighted by molar-refractivity contribution is 4.86. The topological polar surface area (TPSA) is 32.3 Å². The van der Waals surface area contributed by atoms with Crippen LogP contribution < -0.4 is 5.32 Å². The quantitative estimate of drug-likeness (QED) is 0.747. The maximum absolute atomic E-state index is 9.21. The predicted molar refractivity (Wildman–Crippen MR) is 74.1 cm³/mol. The SMILES string of the molecule is CCC(CO)NC1CCC(C(C)(C)CC)CC1. The van der Waals surface area contributed by atoms with Crippen LogP contribution in [0, 0.1) is 11.3 Å². The molecule has 1 aliphatic rings. The van der Waals surface area contributed by atoms with Gasteiger partial charge >= 0.3 is 0 Å². The summed E-state index contributed by atoms with van der Waals surface area (Å²) in [6.45, 7) is 9.54. The van der Waals surface area contributed by atoms with Crippen molar-refractivity contribution in [3.8, 4) is 0 Å². The zero-order valence-electron chi connectivity index (χ0n) is 12.1. The van der Waals surface area contributed by atoms with E-state index in [1.54, 1.807) is 0 Å². The van der Waals surface area contributed by atoms with E-state index in [1.165, 1.54) is 32.1 Å². The largest absolute Gasteiger partial charge is 0.395 e. The lowest BCUT2D eigenvalue weighted by atomic mass is 9.69. The Morgan fingerprint density at radius 1 is 1.18 bits per heavy atom. The van der Waals surface area contributed by atoms with Crippen molar-refractivity contribution in [1.82, 2.24) is 5.32 Å². The van der Waals surface area contributed by atoms with Crippen molar-refractivity contribution in [2.75, 3.05) is 6.61 Å². The van der Waals surface area contributed by atoms with Crippen LogP contribution in [0.2, 0.25) is 0 Å². The average molecular weight is 241 g/mol. The summed E-state index contributed by atoms with van der Waals surface area (Å²) in [6, 6.07) is 0.937. The van der Waals surface area contributed by atoms with Crippen molar-refractivity contribution in [3.05, 3.63) is 0 Å². The second kappa shape index (κ2) is 6.75. The van der Waals surface area contributed by atoms with Gasteiger partial charge in [-0.25, -0.2) is 0 Å². The summed E-state index contributed by atoms with van der Waals surface area (Å²) in [4.78, 5) is 0. The van der Waals surface area contributed by atoms with E-state index in [0.29, 0.717) is 17.5 Å². The molecule has 0 bridgehead atoms. The van der Waals surface area contributed by atoms with E-state index in [4.69, 9.17) is 0 Å². The van der Waals surface area contributed by atoms with Crippen molar-refractivity contribution < 1.29 is 5.11 Å². The first kappa shape index (κ1) is 15.0. The zero-order chi connectivity index (χ0) is 12.9. The highest BCUT2D eigenvalue weighted by Crippen LogP contribution is 2.40. The third kappa shape index (κ3) is 4.26. The fraction of sp³-hybridized carbons (Fsp3) is 1.00. The normalized spacial score (nSPS) is 28.1. The standard InChI is InChI=1S/C15H31NO/c1-5-13(11-17)16-14-9-7-12(8-10-14)15(3,4)6-2/h12-14,16-17H,5-11H2,1-4H3. The molecule has 2 nitrogen and oxygen atoms in total. The van der Waals surface area contributed by atoms with E-state index >= 15 is 0 Å². The molecule has 0 aromatic rings. The average Bonchev–Trinajstić information content (AvgIpc) is 2.36. The van der Waals surface area contributed by atoms with E-state index in [-0.39, 0.29) is 6.61 Å². The van der Waals surface area contributed by atoms with Crippen LogP contribution in [-0.4, -0.2) is 23.8 Å². The molecule has 1 atom stereocenters. The van der Waals surface area contributed by atoms with Gasteiger partial charge in [-0.15, -0.1) is 0 Å². The summed E-state index contributed by atoms with van der Waals surface area (Å²) in [6.07, 6.45) is 7.57. The number of aliphatic hydroxyl groups excluding tert-OH is 1. The highest BCUT2D eigenvalue weighted by Gasteiger charge is 2.31.